The van der Waals surface area contributed by atoms with Crippen LogP contribution < -0.4 is 5.32 Å². The number of hydrogen-bond donors (Lipinski definition) is 1. The number of rotatable bonds is 5. The fourth-order valence-electron chi connectivity index (χ4n) is 2.64. The molecular formula is C16H19N3S. The van der Waals surface area contributed by atoms with Crippen molar-refractivity contribution in [2.75, 3.05) is 7.05 Å². The summed E-state index contributed by atoms with van der Waals surface area (Å²) in [6, 6.07) is 11.0. The van der Waals surface area contributed by atoms with E-state index < -0.39 is 0 Å². The van der Waals surface area contributed by atoms with E-state index in [0.717, 1.165) is 13.0 Å². The highest BCUT2D eigenvalue weighted by atomic mass is 32.1. The molecule has 1 atom stereocenters. The predicted molar refractivity (Wildman–Crippen MR) is 85.2 cm³/mol. The van der Waals surface area contributed by atoms with E-state index in [9.17, 15) is 0 Å². The maximum Gasteiger partial charge on any atom is 0.0722 e. The summed E-state index contributed by atoms with van der Waals surface area (Å²) in [7, 11) is 2.02. The number of nitrogens with zero attached hydrogens (tertiary/aromatic N) is 2. The minimum atomic E-state index is 0.324. The molecular weight excluding hydrogens is 266 g/mol. The Morgan fingerprint density at radius 1 is 1.30 bits per heavy atom. The smallest absolute Gasteiger partial charge is 0.0722 e. The highest BCUT2D eigenvalue weighted by molar-refractivity contribution is 7.07. The zero-order valence-corrected chi connectivity index (χ0v) is 12.7. The van der Waals surface area contributed by atoms with E-state index in [2.05, 4.69) is 58.0 Å². The van der Waals surface area contributed by atoms with Crippen LogP contribution in [0.3, 0.4) is 0 Å². The topological polar surface area (TPSA) is 29.9 Å². The third kappa shape index (κ3) is 2.37. The number of thiophene rings is 1. The number of aryl methyl sites for hydroxylation is 1. The SMILES string of the molecule is CCn1nc(CC(NC)c2ccsc2)c2ccccc21. The van der Waals surface area contributed by atoms with Crippen molar-refractivity contribution in [2.24, 2.45) is 0 Å². The van der Waals surface area contributed by atoms with Gasteiger partial charge in [0.25, 0.3) is 0 Å². The van der Waals surface area contributed by atoms with Gasteiger partial charge in [-0.1, -0.05) is 18.2 Å². The summed E-state index contributed by atoms with van der Waals surface area (Å²) in [6.45, 7) is 3.04. The summed E-state index contributed by atoms with van der Waals surface area (Å²) in [5.74, 6) is 0. The lowest BCUT2D eigenvalue weighted by Gasteiger charge is -2.13. The van der Waals surface area contributed by atoms with Gasteiger partial charge in [-0.15, -0.1) is 0 Å². The van der Waals surface area contributed by atoms with Gasteiger partial charge in [-0.25, -0.2) is 0 Å². The lowest BCUT2D eigenvalue weighted by atomic mass is 10.0. The Hall–Kier alpha value is -1.65. The summed E-state index contributed by atoms with van der Waals surface area (Å²) in [6.07, 6.45) is 0.917. The fraction of sp³-hybridized carbons (Fsp3) is 0.312. The number of benzene rings is 1. The van der Waals surface area contributed by atoms with Crippen molar-refractivity contribution in [3.05, 3.63) is 52.3 Å². The van der Waals surface area contributed by atoms with Gasteiger partial charge < -0.3 is 5.32 Å². The molecule has 0 radical (unpaired) electrons. The number of fused-ring (bicyclic) bond motifs is 1. The van der Waals surface area contributed by atoms with Crippen LogP contribution in [0.2, 0.25) is 0 Å². The molecule has 0 aliphatic heterocycles. The van der Waals surface area contributed by atoms with Gasteiger partial charge in [0.05, 0.1) is 11.2 Å². The predicted octanol–water partition coefficient (Wildman–Crippen LogP) is 3.62. The van der Waals surface area contributed by atoms with Gasteiger partial charge in [0.2, 0.25) is 0 Å². The maximum atomic E-state index is 4.79. The van der Waals surface area contributed by atoms with Crippen molar-refractivity contribution in [1.82, 2.24) is 15.1 Å². The molecule has 3 rings (SSSR count). The zero-order valence-electron chi connectivity index (χ0n) is 11.8. The van der Waals surface area contributed by atoms with Crippen molar-refractivity contribution >= 4 is 22.2 Å². The lowest BCUT2D eigenvalue weighted by molar-refractivity contribution is 0.574. The Kier molecular flexibility index (Phi) is 3.85. The van der Waals surface area contributed by atoms with Gasteiger partial charge in [0, 0.05) is 24.4 Å². The number of hydrogen-bond acceptors (Lipinski definition) is 3. The molecule has 4 heteroatoms. The van der Waals surface area contributed by atoms with Crippen LogP contribution in [-0.2, 0) is 13.0 Å². The molecule has 20 heavy (non-hydrogen) atoms. The Morgan fingerprint density at radius 2 is 2.15 bits per heavy atom. The first-order chi connectivity index (χ1) is 9.83. The number of para-hydroxylation sites is 1. The van der Waals surface area contributed by atoms with Crippen LogP contribution >= 0.6 is 11.3 Å². The van der Waals surface area contributed by atoms with Crippen LogP contribution in [0.1, 0.15) is 24.2 Å². The second-order valence-corrected chi connectivity index (χ2v) is 5.66. The van der Waals surface area contributed by atoms with Crippen molar-refractivity contribution in [3.63, 3.8) is 0 Å². The van der Waals surface area contributed by atoms with E-state index in [0.29, 0.717) is 6.04 Å². The van der Waals surface area contributed by atoms with Crippen LogP contribution in [-0.4, -0.2) is 16.8 Å². The lowest BCUT2D eigenvalue weighted by Crippen LogP contribution is -2.18. The minimum Gasteiger partial charge on any atom is -0.313 e. The number of likely N-dealkylation sites (N-methyl/N-ethyl adjacent to an activating group) is 1. The maximum absolute atomic E-state index is 4.79. The molecule has 3 aromatic rings. The first kappa shape index (κ1) is 13.3. The fourth-order valence-corrected chi connectivity index (χ4v) is 3.36. The van der Waals surface area contributed by atoms with Crippen molar-refractivity contribution in [2.45, 2.75) is 25.9 Å². The molecule has 0 spiro atoms. The molecule has 104 valence electrons. The van der Waals surface area contributed by atoms with E-state index in [4.69, 9.17) is 5.10 Å². The van der Waals surface area contributed by atoms with Gasteiger partial charge in [-0.05, 0) is 42.4 Å². The summed E-state index contributed by atoms with van der Waals surface area (Å²) >= 11 is 1.74. The largest absolute Gasteiger partial charge is 0.313 e. The quantitative estimate of drug-likeness (QED) is 0.776. The van der Waals surface area contributed by atoms with Crippen molar-refractivity contribution in [3.8, 4) is 0 Å². The first-order valence-corrected chi connectivity index (χ1v) is 7.91. The number of aromatic nitrogens is 2. The Labute approximate surface area is 123 Å². The standard InChI is InChI=1S/C16H19N3S/c1-3-19-16-7-5-4-6-13(16)15(18-19)10-14(17-2)12-8-9-20-11-12/h4-9,11,14,17H,3,10H2,1-2H3. The molecule has 0 bridgehead atoms. The van der Waals surface area contributed by atoms with E-state index in [1.807, 2.05) is 7.05 Å². The van der Waals surface area contributed by atoms with E-state index in [-0.39, 0.29) is 0 Å². The average molecular weight is 285 g/mol. The highest BCUT2D eigenvalue weighted by Crippen LogP contribution is 2.25. The monoisotopic (exact) mass is 285 g/mol. The molecule has 0 saturated carbocycles. The third-order valence-corrected chi connectivity index (χ3v) is 4.43. The minimum absolute atomic E-state index is 0.324. The molecule has 0 amide bonds. The van der Waals surface area contributed by atoms with Gasteiger partial charge in [-0.3, -0.25) is 4.68 Å². The molecule has 0 aliphatic rings. The second kappa shape index (κ2) is 5.77. The summed E-state index contributed by atoms with van der Waals surface area (Å²) in [5, 5.41) is 13.8. The molecule has 3 nitrogen and oxygen atoms in total. The van der Waals surface area contributed by atoms with E-state index in [1.165, 1.54) is 22.2 Å². The van der Waals surface area contributed by atoms with Crippen LogP contribution in [0.5, 0.6) is 0 Å². The Bertz CT molecular complexity index is 685. The summed E-state index contributed by atoms with van der Waals surface area (Å²) in [5.41, 5.74) is 3.74. The summed E-state index contributed by atoms with van der Waals surface area (Å²) < 4.78 is 2.09. The van der Waals surface area contributed by atoms with Crippen LogP contribution in [0.15, 0.2) is 41.1 Å². The molecule has 1 aromatic carbocycles. The van der Waals surface area contributed by atoms with Gasteiger partial charge in [-0.2, -0.15) is 16.4 Å². The van der Waals surface area contributed by atoms with E-state index in [1.54, 1.807) is 11.3 Å². The van der Waals surface area contributed by atoms with Crippen LogP contribution in [0.4, 0.5) is 0 Å². The zero-order chi connectivity index (χ0) is 13.9. The van der Waals surface area contributed by atoms with Crippen LogP contribution in [0, 0.1) is 0 Å². The van der Waals surface area contributed by atoms with Gasteiger partial charge in [0.15, 0.2) is 0 Å². The third-order valence-electron chi connectivity index (χ3n) is 3.73. The van der Waals surface area contributed by atoms with E-state index >= 15 is 0 Å². The molecule has 0 aliphatic carbocycles. The Morgan fingerprint density at radius 3 is 2.85 bits per heavy atom. The first-order valence-electron chi connectivity index (χ1n) is 6.97. The van der Waals surface area contributed by atoms with Crippen molar-refractivity contribution < 1.29 is 0 Å². The van der Waals surface area contributed by atoms with Crippen molar-refractivity contribution in [1.29, 1.82) is 0 Å². The molecule has 0 fully saturated rings. The highest BCUT2D eigenvalue weighted by Gasteiger charge is 2.16. The molecule has 2 heterocycles. The van der Waals surface area contributed by atoms with Gasteiger partial charge in [0.1, 0.15) is 0 Å². The molecule has 1 unspecified atom stereocenters. The second-order valence-electron chi connectivity index (χ2n) is 4.88. The number of nitrogens with one attached hydrogen (secondary N) is 1. The molecule has 0 saturated heterocycles. The average Bonchev–Trinajstić information content (AvgIpc) is 3.13. The van der Waals surface area contributed by atoms with Crippen LogP contribution in [0.25, 0.3) is 10.9 Å². The van der Waals surface area contributed by atoms with Gasteiger partial charge >= 0.3 is 0 Å². The normalized spacial score (nSPS) is 12.9. The summed E-state index contributed by atoms with van der Waals surface area (Å²) in [4.78, 5) is 0. The Balaban J connectivity index is 1.98. The molecule has 1 N–H and O–H groups in total. The molecule has 2 aromatic heterocycles.